The molecule has 1 aliphatic carbocycles. The summed E-state index contributed by atoms with van der Waals surface area (Å²) < 4.78 is 42.0. The average Bonchev–Trinajstić information content (AvgIpc) is 3.56. The summed E-state index contributed by atoms with van der Waals surface area (Å²) >= 11 is 0. The zero-order chi connectivity index (χ0) is 25.7. The molecule has 0 aromatic carbocycles. The third kappa shape index (κ3) is 4.98. The molecule has 2 fully saturated rings. The van der Waals surface area contributed by atoms with Crippen molar-refractivity contribution >= 4 is 30.6 Å². The number of imidazole rings is 1. The van der Waals surface area contributed by atoms with Crippen LogP contribution in [0.2, 0.25) is 25.7 Å². The fourth-order valence-electron chi connectivity index (χ4n) is 5.50. The fourth-order valence-corrected chi connectivity index (χ4v) is 7.56. The predicted octanol–water partition coefficient (Wildman–Crippen LogP) is 2.49. The molecule has 5 atom stereocenters. The van der Waals surface area contributed by atoms with Crippen LogP contribution in [0, 0.1) is 5.92 Å². The smallest absolute Gasteiger partial charge is 0.424 e. The maximum absolute atomic E-state index is 12.7. The quantitative estimate of drug-likeness (QED) is 0.380. The van der Waals surface area contributed by atoms with E-state index in [0.717, 1.165) is 28.5 Å². The summed E-state index contributed by atoms with van der Waals surface area (Å²) in [5.41, 5.74) is 1.09. The maximum Gasteiger partial charge on any atom is 0.424 e. The topological polar surface area (TPSA) is 118 Å². The lowest BCUT2D eigenvalue weighted by Gasteiger charge is -2.32. The molecule has 198 valence electrons. The van der Waals surface area contributed by atoms with E-state index in [1.165, 1.54) is 0 Å². The van der Waals surface area contributed by atoms with Crippen molar-refractivity contribution in [2.45, 2.75) is 69.6 Å². The Balaban J connectivity index is 1.26. The second-order valence-corrected chi connectivity index (χ2v) is 18.6. The zero-order valence-corrected chi connectivity index (χ0v) is 23.1. The van der Waals surface area contributed by atoms with Gasteiger partial charge >= 0.3 is 16.3 Å². The number of carbonyl (C=O) groups is 1. The van der Waals surface area contributed by atoms with E-state index in [2.05, 4.69) is 58.0 Å². The number of rotatable bonds is 9. The zero-order valence-electron chi connectivity index (χ0n) is 21.3. The van der Waals surface area contributed by atoms with Gasteiger partial charge in [0, 0.05) is 44.7 Å². The van der Waals surface area contributed by atoms with Gasteiger partial charge in [0.15, 0.2) is 5.82 Å². The number of hydrogen-bond donors (Lipinski definition) is 1. The number of nitrogens with one attached hydrogen (secondary N) is 1. The van der Waals surface area contributed by atoms with Crippen LogP contribution in [-0.4, -0.2) is 86.3 Å². The lowest BCUT2D eigenvalue weighted by Crippen LogP contribution is -2.45. The molecule has 0 radical (unpaired) electrons. The van der Waals surface area contributed by atoms with Gasteiger partial charge in [0.2, 0.25) is 0 Å². The Morgan fingerprint density at radius 2 is 2.08 bits per heavy atom. The molecule has 4 heterocycles. The minimum absolute atomic E-state index is 0.0189. The normalized spacial score (nSPS) is 29.7. The molecule has 36 heavy (non-hydrogen) atoms. The molecule has 0 spiro atoms. The minimum atomic E-state index is -3.93. The van der Waals surface area contributed by atoms with Gasteiger partial charge in [0.25, 0.3) is 0 Å². The molecular formula is C23H36N6O5SSi. The lowest BCUT2D eigenvalue weighted by molar-refractivity contribution is 0.0408. The van der Waals surface area contributed by atoms with Gasteiger partial charge in [0.1, 0.15) is 19.5 Å². The van der Waals surface area contributed by atoms with Gasteiger partial charge in [-0.15, -0.1) is 0 Å². The molecule has 11 nitrogen and oxygen atoms in total. The van der Waals surface area contributed by atoms with Gasteiger partial charge in [0.05, 0.1) is 18.8 Å². The van der Waals surface area contributed by atoms with Crippen LogP contribution < -0.4 is 4.72 Å². The summed E-state index contributed by atoms with van der Waals surface area (Å²) in [5, 5.41) is 0. The van der Waals surface area contributed by atoms with Crippen LogP contribution in [0.25, 0.3) is 0 Å². The van der Waals surface area contributed by atoms with Crippen LogP contribution in [0.1, 0.15) is 43.2 Å². The van der Waals surface area contributed by atoms with Crippen molar-refractivity contribution in [3.63, 3.8) is 0 Å². The Bertz CT molecular complexity index is 1160. The first-order valence-electron chi connectivity index (χ1n) is 12.6. The Hall–Kier alpha value is -2.22. The summed E-state index contributed by atoms with van der Waals surface area (Å²) in [7, 11) is -5.07. The van der Waals surface area contributed by atoms with Crippen molar-refractivity contribution < 1.29 is 22.7 Å². The summed E-state index contributed by atoms with van der Waals surface area (Å²) in [5.74, 6) is 1.19. The largest absolute Gasteiger partial charge is 0.447 e. The second-order valence-electron chi connectivity index (χ2n) is 11.4. The molecule has 1 N–H and O–H groups in total. The van der Waals surface area contributed by atoms with E-state index in [1.54, 1.807) is 0 Å². The summed E-state index contributed by atoms with van der Waals surface area (Å²) in [6.07, 6.45) is 8.36. The molecule has 3 aliphatic heterocycles. The molecule has 0 bridgehead atoms. The monoisotopic (exact) mass is 536 g/mol. The highest BCUT2D eigenvalue weighted by Crippen LogP contribution is 2.43. The van der Waals surface area contributed by atoms with Gasteiger partial charge in [-0.2, -0.15) is 17.4 Å². The first kappa shape index (κ1) is 25.4. The molecule has 1 aromatic heterocycles. The third-order valence-corrected chi connectivity index (χ3v) is 10.7. The van der Waals surface area contributed by atoms with E-state index < -0.39 is 24.4 Å². The van der Waals surface area contributed by atoms with Gasteiger partial charge in [-0.3, -0.25) is 4.99 Å². The van der Waals surface area contributed by atoms with Crippen LogP contribution in [-0.2, 0) is 19.7 Å². The Labute approximate surface area is 213 Å². The van der Waals surface area contributed by atoms with E-state index in [4.69, 9.17) is 14.5 Å². The van der Waals surface area contributed by atoms with Gasteiger partial charge in [-0.1, -0.05) is 26.6 Å². The van der Waals surface area contributed by atoms with E-state index >= 15 is 0 Å². The molecular weight excluding hydrogens is 500 g/mol. The highest BCUT2D eigenvalue weighted by Gasteiger charge is 2.42. The van der Waals surface area contributed by atoms with Crippen molar-refractivity contribution in [2.75, 3.05) is 26.5 Å². The number of fused-ring (bicyclic) bond motifs is 3. The van der Waals surface area contributed by atoms with Crippen LogP contribution in [0.5, 0.6) is 0 Å². The molecule has 13 heteroatoms. The van der Waals surface area contributed by atoms with Gasteiger partial charge in [-0.25, -0.2) is 9.78 Å². The molecule has 1 saturated carbocycles. The van der Waals surface area contributed by atoms with Crippen LogP contribution in [0.3, 0.4) is 0 Å². The van der Waals surface area contributed by atoms with Crippen molar-refractivity contribution in [3.05, 3.63) is 30.0 Å². The summed E-state index contributed by atoms with van der Waals surface area (Å²) in [6.45, 7) is 10.6. The first-order valence-corrected chi connectivity index (χ1v) is 17.8. The van der Waals surface area contributed by atoms with Crippen molar-refractivity contribution in [1.82, 2.24) is 23.5 Å². The molecule has 1 amide bonds. The molecule has 4 aliphatic rings. The highest BCUT2D eigenvalue weighted by molar-refractivity contribution is 7.87. The van der Waals surface area contributed by atoms with Gasteiger partial charge < -0.3 is 18.9 Å². The second kappa shape index (κ2) is 9.58. The van der Waals surface area contributed by atoms with Crippen LogP contribution in [0.15, 0.2) is 23.5 Å². The molecule has 5 rings (SSSR count). The SMILES string of the molecule is CC1C[C@H](NS(=O)(=O)N2CCOC2=O)CC1c1cnc2n1C1C=CN(COCC[Si](C)(C)C)C1N=C2. The number of nitrogens with zero attached hydrogens (tertiary/aromatic N) is 5. The number of aromatic nitrogens is 2. The Morgan fingerprint density at radius 3 is 2.81 bits per heavy atom. The minimum Gasteiger partial charge on any atom is -0.447 e. The van der Waals surface area contributed by atoms with E-state index in [-0.39, 0.29) is 43.2 Å². The van der Waals surface area contributed by atoms with E-state index in [9.17, 15) is 13.2 Å². The van der Waals surface area contributed by atoms with Crippen molar-refractivity contribution in [2.24, 2.45) is 10.9 Å². The van der Waals surface area contributed by atoms with Crippen molar-refractivity contribution in [1.29, 1.82) is 0 Å². The Morgan fingerprint density at radius 1 is 1.28 bits per heavy atom. The number of cyclic esters (lactones) is 1. The van der Waals surface area contributed by atoms with E-state index in [0.29, 0.717) is 19.6 Å². The van der Waals surface area contributed by atoms with Crippen LogP contribution >= 0.6 is 0 Å². The van der Waals surface area contributed by atoms with Crippen LogP contribution in [0.4, 0.5) is 4.79 Å². The number of aliphatic imine (C=N–C) groups is 1. The van der Waals surface area contributed by atoms with Gasteiger partial charge in [-0.05, 0) is 30.9 Å². The number of hydrogen-bond acceptors (Lipinski definition) is 8. The lowest BCUT2D eigenvalue weighted by atomic mass is 9.94. The summed E-state index contributed by atoms with van der Waals surface area (Å²) in [6, 6.07) is 0.879. The fraction of sp³-hybridized carbons (Fsp3) is 0.696. The van der Waals surface area contributed by atoms with E-state index in [1.807, 2.05) is 12.4 Å². The standard InChI is InChI=1S/C23H36N6O5SSi/c1-16-11-17(26-35(31,32)28-7-8-34-23(28)30)12-18(16)20-13-24-21-14-25-22-19(29(20)21)5-6-27(22)15-33-9-10-36(2,3)4/h5-6,13-14,16-19,22,26H,7-12,15H2,1-4H3/t16?,17-,18?,19?,22?/m0/s1. The molecule has 1 aromatic rings. The molecule has 4 unspecified atom stereocenters. The molecule has 1 saturated heterocycles. The number of carbonyl (C=O) groups excluding carboxylic acids is 1. The third-order valence-electron chi connectivity index (χ3n) is 7.44. The average molecular weight is 537 g/mol. The van der Waals surface area contributed by atoms with Crippen molar-refractivity contribution in [3.8, 4) is 0 Å². The maximum atomic E-state index is 12.7. The summed E-state index contributed by atoms with van der Waals surface area (Å²) in [4.78, 5) is 23.3. The number of amides is 1. The Kier molecular flexibility index (Phi) is 6.77. The number of ether oxygens (including phenoxy) is 2. The predicted molar refractivity (Wildman–Crippen MR) is 138 cm³/mol. The first-order chi connectivity index (χ1) is 17.0. The highest BCUT2D eigenvalue weighted by atomic mass is 32.2.